The summed E-state index contributed by atoms with van der Waals surface area (Å²) < 4.78 is 32.5. The monoisotopic (exact) mass is 340 g/mol. The molecule has 8 nitrogen and oxygen atoms in total. The number of hydrogen-bond donors (Lipinski definition) is 1. The fourth-order valence-corrected chi connectivity index (χ4v) is 3.60. The van der Waals surface area contributed by atoms with Crippen molar-refractivity contribution >= 4 is 38.8 Å². The summed E-state index contributed by atoms with van der Waals surface area (Å²) in [5, 5.41) is -1.56. The maximum absolute atomic E-state index is 12.3. The van der Waals surface area contributed by atoms with Crippen LogP contribution in [0.2, 0.25) is 0 Å². The number of amides is 1. The van der Waals surface area contributed by atoms with Gasteiger partial charge in [0.1, 0.15) is 5.75 Å². The minimum Gasteiger partial charge on any atom is -0.410 e. The van der Waals surface area contributed by atoms with Gasteiger partial charge >= 0.3 is 6.09 Å². The number of imidazole rings is 1. The van der Waals surface area contributed by atoms with Crippen molar-refractivity contribution in [1.29, 1.82) is 0 Å². The molecule has 0 aliphatic carbocycles. The van der Waals surface area contributed by atoms with Gasteiger partial charge in [-0.2, -0.15) is 0 Å². The molecule has 0 radical (unpaired) electrons. The minimum absolute atomic E-state index is 0.150. The van der Waals surface area contributed by atoms with E-state index in [2.05, 4.69) is 9.98 Å². The average Bonchev–Trinajstić information content (AvgIpc) is 2.98. The van der Waals surface area contributed by atoms with Gasteiger partial charge in [-0.25, -0.2) is 27.9 Å². The van der Waals surface area contributed by atoms with E-state index in [1.807, 2.05) is 0 Å². The minimum atomic E-state index is -4.18. The molecule has 1 N–H and O–H groups in total. The largest absolute Gasteiger partial charge is 0.426 e. The zero-order valence-corrected chi connectivity index (χ0v) is 12.5. The number of carbonyl (C=O) groups is 1. The zero-order valence-electron chi connectivity index (χ0n) is 10.9. The van der Waals surface area contributed by atoms with Gasteiger partial charge in [0, 0.05) is 12.4 Å². The molecule has 1 atom stereocenters. The molecule has 10 heteroatoms. The van der Waals surface area contributed by atoms with Crippen LogP contribution in [0, 0.1) is 0 Å². The number of nitrogens with one attached hydrogen (secondary N) is 1. The third-order valence-electron chi connectivity index (χ3n) is 2.78. The van der Waals surface area contributed by atoms with Gasteiger partial charge in [0.15, 0.2) is 5.17 Å². The van der Waals surface area contributed by atoms with Crippen LogP contribution in [0.5, 0.6) is 5.75 Å². The number of hydrogen-bond acceptors (Lipinski definition) is 6. The van der Waals surface area contributed by atoms with Gasteiger partial charge in [-0.15, -0.1) is 0 Å². The van der Waals surface area contributed by atoms with Gasteiger partial charge in [0.25, 0.3) is 10.0 Å². The van der Waals surface area contributed by atoms with Crippen LogP contribution in [0.25, 0.3) is 0 Å². The topological polar surface area (TPSA) is 103 Å². The molecule has 0 spiro atoms. The van der Waals surface area contributed by atoms with E-state index < -0.39 is 21.5 Å². The normalized spacial score (nSPS) is 16.8. The van der Waals surface area contributed by atoms with Crippen LogP contribution in [0.3, 0.4) is 0 Å². The van der Waals surface area contributed by atoms with Crippen LogP contribution >= 0.6 is 11.6 Å². The second-order valence-electron chi connectivity index (χ2n) is 4.27. The second kappa shape index (κ2) is 5.43. The number of sulfonamides is 1. The Kier molecular flexibility index (Phi) is 3.59. The Morgan fingerprint density at radius 2 is 2.05 bits per heavy atom. The number of fused-ring (bicyclic) bond motifs is 1. The van der Waals surface area contributed by atoms with Crippen molar-refractivity contribution in [2.24, 2.45) is 4.99 Å². The second-order valence-corrected chi connectivity index (χ2v) is 6.40. The summed E-state index contributed by atoms with van der Waals surface area (Å²) in [6.45, 7) is 0. The van der Waals surface area contributed by atoms with Gasteiger partial charge < -0.3 is 4.74 Å². The highest BCUT2D eigenvalue weighted by Gasteiger charge is 2.38. The molecule has 114 valence electrons. The number of rotatable bonds is 3. The molecule has 0 saturated heterocycles. The Balaban J connectivity index is 1.77. The predicted molar refractivity (Wildman–Crippen MR) is 78.7 cm³/mol. The number of aromatic nitrogens is 2. The Hall–Kier alpha value is -2.39. The van der Waals surface area contributed by atoms with Gasteiger partial charge in [-0.3, -0.25) is 4.57 Å². The lowest BCUT2D eigenvalue weighted by molar-refractivity contribution is 0.206. The van der Waals surface area contributed by atoms with E-state index >= 15 is 0 Å². The highest BCUT2D eigenvalue weighted by molar-refractivity contribution is 7.91. The quantitative estimate of drug-likeness (QED) is 0.917. The molecule has 2 aromatic rings. The highest BCUT2D eigenvalue weighted by atomic mass is 35.5. The standard InChI is InChI=1S/C12H9ClN4O4S/c13-9-10(17-7-6-14-11(17)15-9)22(19,20)16-12(18)21-8-4-2-1-3-5-8/h1-7,10H,(H,16,18). The lowest BCUT2D eigenvalue weighted by Crippen LogP contribution is -2.39. The maximum Gasteiger partial charge on any atom is 0.426 e. The van der Waals surface area contributed by atoms with Crippen molar-refractivity contribution in [2.75, 3.05) is 0 Å². The molecule has 0 bridgehead atoms. The van der Waals surface area contributed by atoms with Crippen LogP contribution in [-0.4, -0.2) is 29.2 Å². The molecule has 1 aromatic carbocycles. The van der Waals surface area contributed by atoms with Crippen LogP contribution in [0.15, 0.2) is 47.7 Å². The SMILES string of the molecule is O=C(NS(=O)(=O)C1C(Cl)=Nc2nccn21)Oc1ccccc1. The first kappa shape index (κ1) is 14.5. The van der Waals surface area contributed by atoms with Gasteiger partial charge in [0.2, 0.25) is 11.3 Å². The lowest BCUT2D eigenvalue weighted by atomic mass is 10.3. The fraction of sp³-hybridized carbons (Fsp3) is 0.0833. The summed E-state index contributed by atoms with van der Waals surface area (Å²) in [7, 11) is -4.18. The molecule has 1 aliphatic rings. The van der Waals surface area contributed by atoms with E-state index in [1.54, 1.807) is 22.9 Å². The number of para-hydroxylation sites is 1. The number of halogens is 1. The summed E-state index contributed by atoms with van der Waals surface area (Å²) in [5.74, 6) is 0.363. The number of ether oxygens (including phenoxy) is 1. The van der Waals surface area contributed by atoms with Crippen molar-refractivity contribution in [2.45, 2.75) is 5.37 Å². The van der Waals surface area contributed by atoms with Crippen LogP contribution in [-0.2, 0) is 10.0 Å². The molecule has 0 fully saturated rings. The smallest absolute Gasteiger partial charge is 0.410 e. The summed E-state index contributed by atoms with van der Waals surface area (Å²) in [6.07, 6.45) is 1.65. The van der Waals surface area contributed by atoms with E-state index in [1.165, 1.54) is 29.1 Å². The first-order valence-electron chi connectivity index (χ1n) is 6.03. The first-order valence-corrected chi connectivity index (χ1v) is 7.95. The van der Waals surface area contributed by atoms with E-state index in [4.69, 9.17) is 16.3 Å². The number of aliphatic imine (C=N–C) groups is 1. The molecular weight excluding hydrogens is 332 g/mol. The van der Waals surface area contributed by atoms with Gasteiger partial charge in [-0.1, -0.05) is 29.8 Å². The first-order chi connectivity index (χ1) is 10.5. The third-order valence-corrected chi connectivity index (χ3v) is 4.69. The molecule has 2 heterocycles. The molecule has 3 rings (SSSR count). The highest BCUT2D eigenvalue weighted by Crippen LogP contribution is 2.31. The molecule has 1 amide bonds. The third kappa shape index (κ3) is 2.68. The number of benzene rings is 1. The van der Waals surface area contributed by atoms with Crippen molar-refractivity contribution < 1.29 is 17.9 Å². The summed E-state index contributed by atoms with van der Waals surface area (Å²) in [5.41, 5.74) is 0. The van der Waals surface area contributed by atoms with Crippen molar-refractivity contribution in [3.8, 4) is 5.75 Å². The van der Waals surface area contributed by atoms with Crippen molar-refractivity contribution in [3.63, 3.8) is 0 Å². The van der Waals surface area contributed by atoms with Crippen LogP contribution in [0.1, 0.15) is 5.37 Å². The Bertz CT molecular complexity index is 847. The summed E-state index contributed by atoms with van der Waals surface area (Å²) in [4.78, 5) is 19.4. The van der Waals surface area contributed by atoms with E-state index in [0.29, 0.717) is 0 Å². The number of carbonyl (C=O) groups excluding carboxylic acids is 1. The van der Waals surface area contributed by atoms with Crippen LogP contribution < -0.4 is 9.46 Å². The molecule has 1 aromatic heterocycles. The van der Waals surface area contributed by atoms with Crippen LogP contribution in [0.4, 0.5) is 10.7 Å². The summed E-state index contributed by atoms with van der Waals surface area (Å²) in [6, 6.07) is 8.07. The number of nitrogens with zero attached hydrogens (tertiary/aromatic N) is 3. The molecule has 22 heavy (non-hydrogen) atoms. The van der Waals surface area contributed by atoms with Gasteiger partial charge in [-0.05, 0) is 12.1 Å². The van der Waals surface area contributed by atoms with Gasteiger partial charge in [0.05, 0.1) is 0 Å². The van der Waals surface area contributed by atoms with Crippen molar-refractivity contribution in [1.82, 2.24) is 14.3 Å². The molecular formula is C12H9ClN4O4S. The Labute approximate surface area is 130 Å². The van der Waals surface area contributed by atoms with E-state index in [9.17, 15) is 13.2 Å². The Morgan fingerprint density at radius 3 is 2.77 bits per heavy atom. The predicted octanol–water partition coefficient (Wildman–Crippen LogP) is 1.78. The maximum atomic E-state index is 12.3. The van der Waals surface area contributed by atoms with E-state index in [0.717, 1.165) is 0 Å². The average molecular weight is 341 g/mol. The fourth-order valence-electron chi connectivity index (χ4n) is 1.91. The molecule has 1 aliphatic heterocycles. The van der Waals surface area contributed by atoms with E-state index in [-0.39, 0.29) is 16.9 Å². The molecule has 1 unspecified atom stereocenters. The molecule has 0 saturated carbocycles. The van der Waals surface area contributed by atoms with Crippen molar-refractivity contribution in [3.05, 3.63) is 42.7 Å². The zero-order chi connectivity index (χ0) is 15.7. The lowest BCUT2D eigenvalue weighted by Gasteiger charge is -2.14. The summed E-state index contributed by atoms with van der Waals surface area (Å²) >= 11 is 5.83. The Morgan fingerprint density at radius 1 is 1.32 bits per heavy atom.